The van der Waals surface area contributed by atoms with Crippen molar-refractivity contribution in [2.24, 2.45) is 0 Å². The Hall–Kier alpha value is -1.10. The fourth-order valence-corrected chi connectivity index (χ4v) is 0.928. The summed E-state index contributed by atoms with van der Waals surface area (Å²) < 4.78 is 8.96. The van der Waals surface area contributed by atoms with Crippen LogP contribution in [-0.4, -0.2) is 38.7 Å². The summed E-state index contributed by atoms with van der Waals surface area (Å²) in [5, 5.41) is 3.01. The van der Waals surface area contributed by atoms with Crippen LogP contribution in [0.4, 0.5) is 0 Å². The Labute approximate surface area is 83.8 Å². The first-order valence-corrected chi connectivity index (χ1v) is 4.47. The van der Waals surface area contributed by atoms with Crippen LogP contribution in [0, 0.1) is 0 Å². The van der Waals surface area contributed by atoms with Crippen molar-refractivity contribution < 1.29 is 19.1 Å². The average molecular weight is 203 g/mol. The van der Waals surface area contributed by atoms with E-state index < -0.39 is 0 Å². The second-order valence-corrected chi connectivity index (χ2v) is 2.96. The summed E-state index contributed by atoms with van der Waals surface area (Å²) >= 11 is 0. The Morgan fingerprint density at radius 1 is 1.21 bits per heavy atom. The molecule has 0 unspecified atom stereocenters. The third-order valence-corrected chi connectivity index (χ3v) is 1.75. The van der Waals surface area contributed by atoms with Gasteiger partial charge < -0.3 is 14.8 Å². The number of ether oxygens (including phenoxy) is 2. The van der Waals surface area contributed by atoms with E-state index in [2.05, 4.69) is 14.8 Å². The maximum absolute atomic E-state index is 10.8. The summed E-state index contributed by atoms with van der Waals surface area (Å²) in [4.78, 5) is 21.5. The summed E-state index contributed by atoms with van der Waals surface area (Å²) in [5.41, 5.74) is 0. The first-order chi connectivity index (χ1) is 6.60. The number of esters is 2. The smallest absolute Gasteiger partial charge is 0.307 e. The minimum Gasteiger partial charge on any atom is -0.469 e. The Bertz CT molecular complexity index is 193. The third kappa shape index (κ3) is 6.42. The van der Waals surface area contributed by atoms with Crippen LogP contribution in [0.5, 0.6) is 0 Å². The van der Waals surface area contributed by atoms with Crippen LogP contribution in [-0.2, 0) is 19.1 Å². The highest BCUT2D eigenvalue weighted by molar-refractivity contribution is 5.70. The second kappa shape index (κ2) is 7.32. The van der Waals surface area contributed by atoms with Gasteiger partial charge in [-0.2, -0.15) is 0 Å². The van der Waals surface area contributed by atoms with Crippen LogP contribution in [0.25, 0.3) is 0 Å². The predicted molar refractivity (Wildman–Crippen MR) is 50.7 cm³/mol. The number of methoxy groups -OCH3 is 2. The highest BCUT2D eigenvalue weighted by Gasteiger charge is 2.08. The molecule has 0 aliphatic rings. The van der Waals surface area contributed by atoms with Crippen molar-refractivity contribution in [3.63, 3.8) is 0 Å². The molecule has 0 radical (unpaired) electrons. The van der Waals surface area contributed by atoms with Crippen LogP contribution in [0.2, 0.25) is 0 Å². The number of hydrogen-bond acceptors (Lipinski definition) is 5. The lowest BCUT2D eigenvalue weighted by molar-refractivity contribution is -0.141. The first kappa shape index (κ1) is 12.9. The van der Waals surface area contributed by atoms with Gasteiger partial charge in [0.05, 0.1) is 27.1 Å². The lowest BCUT2D eigenvalue weighted by Crippen LogP contribution is -2.30. The van der Waals surface area contributed by atoms with E-state index in [9.17, 15) is 9.59 Å². The molecule has 0 spiro atoms. The van der Waals surface area contributed by atoms with Gasteiger partial charge in [0.1, 0.15) is 0 Å². The monoisotopic (exact) mass is 203 g/mol. The van der Waals surface area contributed by atoms with Crippen molar-refractivity contribution in [1.29, 1.82) is 0 Å². The van der Waals surface area contributed by atoms with Gasteiger partial charge >= 0.3 is 11.9 Å². The zero-order valence-electron chi connectivity index (χ0n) is 8.83. The number of hydrogen-bond donors (Lipinski definition) is 1. The third-order valence-electron chi connectivity index (χ3n) is 1.75. The Kier molecular flexibility index (Phi) is 6.74. The van der Waals surface area contributed by atoms with Crippen molar-refractivity contribution in [3.05, 3.63) is 0 Å². The molecule has 0 fully saturated rings. The van der Waals surface area contributed by atoms with Crippen LogP contribution in [0.1, 0.15) is 19.8 Å². The van der Waals surface area contributed by atoms with Crippen molar-refractivity contribution >= 4 is 11.9 Å². The molecule has 82 valence electrons. The van der Waals surface area contributed by atoms with Gasteiger partial charge in [-0.1, -0.05) is 0 Å². The molecule has 5 nitrogen and oxygen atoms in total. The fraction of sp³-hybridized carbons (Fsp3) is 0.778. The first-order valence-electron chi connectivity index (χ1n) is 4.47. The summed E-state index contributed by atoms with van der Waals surface area (Å²) in [5.74, 6) is -0.522. The molecule has 0 bridgehead atoms. The fourth-order valence-electron chi connectivity index (χ4n) is 0.928. The van der Waals surface area contributed by atoms with Crippen molar-refractivity contribution in [1.82, 2.24) is 5.32 Å². The molecule has 5 heteroatoms. The van der Waals surface area contributed by atoms with Crippen LogP contribution in [0.3, 0.4) is 0 Å². The average Bonchev–Trinajstić information content (AvgIpc) is 2.17. The molecule has 0 aliphatic heterocycles. The molecule has 0 aromatic rings. The molecule has 0 heterocycles. The molecule has 0 aromatic carbocycles. The molecule has 0 amide bonds. The molecule has 14 heavy (non-hydrogen) atoms. The second-order valence-electron chi connectivity index (χ2n) is 2.96. The molecule has 0 rings (SSSR count). The van der Waals surface area contributed by atoms with Gasteiger partial charge in [0.15, 0.2) is 0 Å². The van der Waals surface area contributed by atoms with Gasteiger partial charge in [-0.05, 0) is 6.92 Å². The lowest BCUT2D eigenvalue weighted by Gasteiger charge is -2.11. The van der Waals surface area contributed by atoms with Gasteiger partial charge in [0.2, 0.25) is 0 Å². The van der Waals surface area contributed by atoms with Gasteiger partial charge in [-0.3, -0.25) is 9.59 Å². The van der Waals surface area contributed by atoms with E-state index in [0.29, 0.717) is 19.4 Å². The number of rotatable bonds is 6. The van der Waals surface area contributed by atoms with Crippen LogP contribution >= 0.6 is 0 Å². The van der Waals surface area contributed by atoms with E-state index in [4.69, 9.17) is 0 Å². The van der Waals surface area contributed by atoms with Gasteiger partial charge in [0, 0.05) is 12.6 Å². The topological polar surface area (TPSA) is 64.6 Å². The maximum atomic E-state index is 10.8. The van der Waals surface area contributed by atoms with E-state index in [0.717, 1.165) is 0 Å². The Balaban J connectivity index is 3.49. The maximum Gasteiger partial charge on any atom is 0.307 e. The minimum absolute atomic E-state index is 0.00658. The molecule has 1 N–H and O–H groups in total. The number of nitrogens with one attached hydrogen (secondary N) is 1. The highest BCUT2D eigenvalue weighted by Crippen LogP contribution is 1.93. The van der Waals surface area contributed by atoms with E-state index >= 15 is 0 Å². The predicted octanol–water partition coefficient (Wildman–Crippen LogP) is 0.0907. The Morgan fingerprint density at radius 3 is 2.29 bits per heavy atom. The van der Waals surface area contributed by atoms with E-state index in [1.807, 2.05) is 6.92 Å². The largest absolute Gasteiger partial charge is 0.469 e. The quantitative estimate of drug-likeness (QED) is 0.620. The Morgan fingerprint density at radius 2 is 1.79 bits per heavy atom. The summed E-state index contributed by atoms with van der Waals surface area (Å²) in [6, 6.07) is 0.00658. The highest BCUT2D eigenvalue weighted by atomic mass is 16.5. The zero-order chi connectivity index (χ0) is 11.0. The number of carbonyl (C=O) groups is 2. The van der Waals surface area contributed by atoms with Gasteiger partial charge in [-0.15, -0.1) is 0 Å². The van der Waals surface area contributed by atoms with Gasteiger partial charge in [-0.25, -0.2) is 0 Å². The normalized spacial score (nSPS) is 11.9. The van der Waals surface area contributed by atoms with Crippen LogP contribution in [0.15, 0.2) is 0 Å². The standard InChI is InChI=1S/C9H17NO4/c1-7(6-9(12)14-3)10-5-4-8(11)13-2/h7,10H,4-6H2,1-3H3/t7-/m1/s1. The molecule has 0 saturated carbocycles. The summed E-state index contributed by atoms with van der Waals surface area (Å²) in [7, 11) is 2.70. The summed E-state index contributed by atoms with van der Waals surface area (Å²) in [6.07, 6.45) is 0.611. The summed E-state index contributed by atoms with van der Waals surface area (Å²) in [6.45, 7) is 2.36. The zero-order valence-corrected chi connectivity index (χ0v) is 8.83. The molecular weight excluding hydrogens is 186 g/mol. The van der Waals surface area contributed by atoms with Crippen molar-refractivity contribution in [2.75, 3.05) is 20.8 Å². The molecule has 0 saturated heterocycles. The van der Waals surface area contributed by atoms with Gasteiger partial charge in [0.25, 0.3) is 0 Å². The minimum atomic E-state index is -0.261. The molecule has 0 aromatic heterocycles. The molecule has 1 atom stereocenters. The molecular formula is C9H17NO4. The lowest BCUT2D eigenvalue weighted by atomic mass is 10.2. The SMILES string of the molecule is COC(=O)CCN[C@H](C)CC(=O)OC. The van der Waals surface area contributed by atoms with Crippen molar-refractivity contribution in [3.8, 4) is 0 Å². The molecule has 0 aliphatic carbocycles. The van der Waals surface area contributed by atoms with Crippen LogP contribution < -0.4 is 5.32 Å². The van der Waals surface area contributed by atoms with E-state index in [1.165, 1.54) is 14.2 Å². The van der Waals surface area contributed by atoms with E-state index in [1.54, 1.807) is 0 Å². The van der Waals surface area contributed by atoms with E-state index in [-0.39, 0.29) is 18.0 Å². The number of carbonyl (C=O) groups excluding carboxylic acids is 2. The van der Waals surface area contributed by atoms with Crippen molar-refractivity contribution in [2.45, 2.75) is 25.8 Å².